The van der Waals surface area contributed by atoms with E-state index in [4.69, 9.17) is 0 Å². The van der Waals surface area contributed by atoms with Crippen molar-refractivity contribution in [3.63, 3.8) is 0 Å². The molecule has 0 bridgehead atoms. The van der Waals surface area contributed by atoms with Gasteiger partial charge in [-0.25, -0.2) is 0 Å². The van der Waals surface area contributed by atoms with E-state index in [1.54, 1.807) is 0 Å². The van der Waals surface area contributed by atoms with Crippen LogP contribution in [0.25, 0.3) is 0 Å². The van der Waals surface area contributed by atoms with Crippen LogP contribution in [0.5, 0.6) is 0 Å². The molecule has 0 aromatic carbocycles. The molecule has 0 aromatic heterocycles. The van der Waals surface area contributed by atoms with E-state index in [1.807, 2.05) is 27.7 Å². The first-order chi connectivity index (χ1) is 5.41. The Morgan fingerprint density at radius 2 is 0.733 bits per heavy atom. The van der Waals surface area contributed by atoms with E-state index in [0.717, 1.165) is 0 Å². The van der Waals surface area contributed by atoms with E-state index in [1.165, 1.54) is 6.42 Å². The largest absolute Gasteiger partial charge is 1.00 e. The summed E-state index contributed by atoms with van der Waals surface area (Å²) in [6.07, 6.45) is 1.25. The van der Waals surface area contributed by atoms with Crippen molar-refractivity contribution >= 4 is 0 Å². The molecule has 0 aliphatic carbocycles. The van der Waals surface area contributed by atoms with Crippen molar-refractivity contribution in [2.75, 3.05) is 0 Å². The predicted molar refractivity (Wildman–Crippen MR) is 78.4 cm³/mol. The van der Waals surface area contributed by atoms with Crippen LogP contribution in [0.1, 0.15) is 91.9 Å². The fraction of sp³-hybridized carbons (Fsp3) is 1.00. The number of hydrogen-bond acceptors (Lipinski definition) is 0. The van der Waals surface area contributed by atoms with Crippen LogP contribution < -0.4 is 51.4 Å². The summed E-state index contributed by atoms with van der Waals surface area (Å²) in [6, 6.07) is 0. The topological polar surface area (TPSA) is 0 Å². The van der Waals surface area contributed by atoms with Gasteiger partial charge < -0.3 is 1.43 Å². The Kier molecular flexibility index (Phi) is 131. The monoisotopic (exact) mass is 248 g/mol. The van der Waals surface area contributed by atoms with Crippen LogP contribution in [-0.2, 0) is 0 Å². The van der Waals surface area contributed by atoms with E-state index < -0.39 is 0 Å². The molecular formula is C14H41K. The molecule has 0 atom stereocenters. The number of hydrogen-bond donors (Lipinski definition) is 0. The maximum absolute atomic E-state index is 2.19. The Morgan fingerprint density at radius 3 is 0.733 bits per heavy atom. The summed E-state index contributed by atoms with van der Waals surface area (Å²) in [7, 11) is 0. The second-order valence-corrected chi connectivity index (χ2v) is 3.71. The molecule has 98 valence electrons. The minimum atomic E-state index is 0. The van der Waals surface area contributed by atoms with Gasteiger partial charge in [0.25, 0.3) is 0 Å². The van der Waals surface area contributed by atoms with Crippen LogP contribution in [0, 0.1) is 5.41 Å². The third-order valence-electron chi connectivity index (χ3n) is 0. The normalized spacial score (nSPS) is 6.00. The standard InChI is InChI=1S/C5H12.C3H8.2C2H6.2CH4.K.H/c1-5(2,3)4;1-3-2;2*1-2;;;;/h1-4H3;3H2,1-2H3;2*1-2H3;2*1H4;;/q;;;;;;+1;-1. The van der Waals surface area contributed by atoms with Gasteiger partial charge in [-0.3, -0.25) is 0 Å². The Labute approximate surface area is 147 Å². The van der Waals surface area contributed by atoms with Crippen molar-refractivity contribution in [1.82, 2.24) is 0 Å². The molecule has 0 unspecified atom stereocenters. The summed E-state index contributed by atoms with van der Waals surface area (Å²) < 4.78 is 0. The van der Waals surface area contributed by atoms with E-state index in [2.05, 4.69) is 41.5 Å². The summed E-state index contributed by atoms with van der Waals surface area (Å²) in [5, 5.41) is 0. The van der Waals surface area contributed by atoms with E-state index in [-0.39, 0.29) is 67.7 Å². The average Bonchev–Trinajstić information content (AvgIpc) is 1.93. The molecule has 15 heavy (non-hydrogen) atoms. The molecule has 0 fully saturated rings. The molecule has 0 saturated heterocycles. The van der Waals surface area contributed by atoms with E-state index >= 15 is 0 Å². The maximum Gasteiger partial charge on any atom is 1.00 e. The Hall–Kier alpha value is 1.64. The van der Waals surface area contributed by atoms with Crippen molar-refractivity contribution in [2.24, 2.45) is 5.41 Å². The molecule has 0 rings (SSSR count). The molecule has 1 heteroatoms. The molecule has 0 radical (unpaired) electrons. The minimum absolute atomic E-state index is 0. The van der Waals surface area contributed by atoms with E-state index in [9.17, 15) is 0 Å². The summed E-state index contributed by atoms with van der Waals surface area (Å²) in [4.78, 5) is 0. The predicted octanol–water partition coefficient (Wildman–Crippen LogP) is 3.91. The van der Waals surface area contributed by atoms with Crippen LogP contribution in [0.3, 0.4) is 0 Å². The SMILES string of the molecule is C.C.CC.CC.CC(C)(C)C.CCC.[H-].[K+]. The van der Waals surface area contributed by atoms with Gasteiger partial charge >= 0.3 is 51.4 Å². The Morgan fingerprint density at radius 1 is 0.733 bits per heavy atom. The molecule has 0 saturated carbocycles. The van der Waals surface area contributed by atoms with E-state index in [0.29, 0.717) is 5.41 Å². The van der Waals surface area contributed by atoms with Gasteiger partial charge in [0.15, 0.2) is 0 Å². The second kappa shape index (κ2) is 44.9. The second-order valence-electron chi connectivity index (χ2n) is 3.71. The zero-order valence-electron chi connectivity index (χ0n) is 13.2. The molecule has 0 aliphatic rings. The van der Waals surface area contributed by atoms with Crippen LogP contribution in [0.4, 0.5) is 0 Å². The van der Waals surface area contributed by atoms with Crippen molar-refractivity contribution in [3.8, 4) is 0 Å². The zero-order valence-corrected chi connectivity index (χ0v) is 15.3. The minimum Gasteiger partial charge on any atom is -1.00 e. The molecule has 0 N–H and O–H groups in total. The molecule has 0 amide bonds. The molecular weight excluding hydrogens is 207 g/mol. The van der Waals surface area contributed by atoms with Gasteiger partial charge in [0.05, 0.1) is 0 Å². The third kappa shape index (κ3) is 1090. The van der Waals surface area contributed by atoms with Gasteiger partial charge in [-0.1, -0.05) is 90.5 Å². The van der Waals surface area contributed by atoms with Gasteiger partial charge in [0, 0.05) is 0 Å². The van der Waals surface area contributed by atoms with Gasteiger partial charge in [0.2, 0.25) is 0 Å². The van der Waals surface area contributed by atoms with Gasteiger partial charge in [0.1, 0.15) is 0 Å². The summed E-state index contributed by atoms with van der Waals surface area (Å²) in [5.74, 6) is 0. The first kappa shape index (κ1) is 43.8. The van der Waals surface area contributed by atoms with Gasteiger partial charge in [-0.15, -0.1) is 0 Å². The summed E-state index contributed by atoms with van der Waals surface area (Å²) in [6.45, 7) is 21.0. The van der Waals surface area contributed by atoms with Crippen molar-refractivity contribution in [1.29, 1.82) is 0 Å². The van der Waals surface area contributed by atoms with Crippen LogP contribution in [0.2, 0.25) is 0 Å². The molecule has 0 aromatic rings. The molecule has 0 aliphatic heterocycles. The van der Waals surface area contributed by atoms with Crippen LogP contribution in [-0.4, -0.2) is 0 Å². The first-order valence-electron chi connectivity index (χ1n) is 5.41. The van der Waals surface area contributed by atoms with Crippen molar-refractivity contribution in [3.05, 3.63) is 0 Å². The molecule has 0 heterocycles. The Bertz CT molecular complexity index is 34.5. The average molecular weight is 249 g/mol. The number of rotatable bonds is 0. The first-order valence-corrected chi connectivity index (χ1v) is 5.41. The summed E-state index contributed by atoms with van der Waals surface area (Å²) >= 11 is 0. The molecule has 0 spiro atoms. The maximum atomic E-state index is 2.19. The van der Waals surface area contributed by atoms with Crippen LogP contribution in [0.15, 0.2) is 0 Å². The fourth-order valence-electron chi connectivity index (χ4n) is 0. The molecule has 0 nitrogen and oxygen atoms in total. The summed E-state index contributed by atoms with van der Waals surface area (Å²) in [5.41, 5.74) is 0.500. The van der Waals surface area contributed by atoms with Gasteiger partial charge in [-0.2, -0.15) is 0 Å². The van der Waals surface area contributed by atoms with Crippen molar-refractivity contribution < 1.29 is 52.8 Å². The zero-order chi connectivity index (χ0) is 11.2. The van der Waals surface area contributed by atoms with Crippen LogP contribution >= 0.6 is 0 Å². The Balaban J connectivity index is -0.00000000880. The third-order valence-corrected chi connectivity index (χ3v) is 0. The quantitative estimate of drug-likeness (QED) is 0.570. The smallest absolute Gasteiger partial charge is 1.00 e. The van der Waals surface area contributed by atoms with Gasteiger partial charge in [-0.05, 0) is 5.41 Å². The fourth-order valence-corrected chi connectivity index (χ4v) is 0. The van der Waals surface area contributed by atoms with Crippen molar-refractivity contribution in [2.45, 2.75) is 90.5 Å².